The van der Waals surface area contributed by atoms with Gasteiger partial charge in [0.1, 0.15) is 18.9 Å². The number of nitro benzene ring substituents is 1. The summed E-state index contributed by atoms with van der Waals surface area (Å²) in [5.41, 5.74) is 3.73. The molecule has 0 aliphatic rings. The first kappa shape index (κ1) is 29.0. The van der Waals surface area contributed by atoms with Crippen LogP contribution in [-0.4, -0.2) is 32.0 Å². The van der Waals surface area contributed by atoms with E-state index < -0.39 is 27.4 Å². The van der Waals surface area contributed by atoms with Crippen LogP contribution in [0, 0.1) is 10.1 Å². The highest BCUT2D eigenvalue weighted by molar-refractivity contribution is 7.92. The molecule has 0 fully saturated rings. The van der Waals surface area contributed by atoms with Gasteiger partial charge in [-0.2, -0.15) is 5.10 Å². The lowest BCUT2D eigenvalue weighted by Crippen LogP contribution is -2.39. The van der Waals surface area contributed by atoms with Crippen LogP contribution in [0.1, 0.15) is 11.1 Å². The van der Waals surface area contributed by atoms with E-state index in [0.717, 1.165) is 26.7 Å². The molecule has 0 radical (unpaired) electrons. The van der Waals surface area contributed by atoms with Gasteiger partial charge in [0.15, 0.2) is 0 Å². The summed E-state index contributed by atoms with van der Waals surface area (Å²) in [5, 5.41) is 17.5. The SMILES string of the molecule is O=C(CN(c1cccc([N+](=O)[O-])c1)S(=O)(=O)c1ccccc1)N/N=C\c1ccc(OCc2cccc3ccccc23)cc1. The first-order valence-electron chi connectivity index (χ1n) is 13.1. The fourth-order valence-corrected chi connectivity index (χ4v) is 5.80. The number of hydrogen-bond acceptors (Lipinski definition) is 7. The smallest absolute Gasteiger partial charge is 0.271 e. The summed E-state index contributed by atoms with van der Waals surface area (Å²) in [6.07, 6.45) is 1.41. The zero-order valence-electron chi connectivity index (χ0n) is 22.7. The number of sulfonamides is 1. The largest absolute Gasteiger partial charge is 0.489 e. The highest BCUT2D eigenvalue weighted by atomic mass is 32.2. The van der Waals surface area contributed by atoms with Gasteiger partial charge in [-0.15, -0.1) is 0 Å². The summed E-state index contributed by atoms with van der Waals surface area (Å²) < 4.78 is 33.6. The minimum absolute atomic E-state index is 0.0312. The average Bonchev–Trinajstić information content (AvgIpc) is 3.03. The van der Waals surface area contributed by atoms with Crippen LogP contribution in [-0.2, 0) is 21.4 Å². The lowest BCUT2D eigenvalue weighted by atomic mass is 10.1. The molecule has 0 aromatic heterocycles. The Hall–Kier alpha value is -5.55. The molecule has 43 heavy (non-hydrogen) atoms. The normalized spacial score (nSPS) is 11.3. The monoisotopic (exact) mass is 594 g/mol. The maximum Gasteiger partial charge on any atom is 0.271 e. The van der Waals surface area contributed by atoms with Crippen molar-refractivity contribution >= 4 is 44.3 Å². The van der Waals surface area contributed by atoms with Gasteiger partial charge >= 0.3 is 0 Å². The maximum atomic E-state index is 13.4. The molecular formula is C32H26N4O6S. The van der Waals surface area contributed by atoms with Crippen LogP contribution in [0.2, 0.25) is 0 Å². The van der Waals surface area contributed by atoms with Gasteiger partial charge < -0.3 is 4.74 Å². The zero-order chi connectivity index (χ0) is 30.2. The second kappa shape index (κ2) is 13.0. The van der Waals surface area contributed by atoms with Gasteiger partial charge in [0.25, 0.3) is 21.6 Å². The molecule has 0 aliphatic heterocycles. The molecule has 0 saturated carbocycles. The molecule has 5 rings (SSSR count). The third-order valence-corrected chi connectivity index (χ3v) is 8.29. The molecule has 0 unspecified atom stereocenters. The number of nitro groups is 1. The van der Waals surface area contributed by atoms with E-state index in [1.54, 1.807) is 42.5 Å². The Labute approximate surface area is 248 Å². The molecule has 0 saturated heterocycles. The van der Waals surface area contributed by atoms with Crippen molar-refractivity contribution in [3.63, 3.8) is 0 Å². The summed E-state index contributed by atoms with van der Waals surface area (Å²) in [5.74, 6) is -0.0786. The van der Waals surface area contributed by atoms with E-state index in [9.17, 15) is 23.3 Å². The van der Waals surface area contributed by atoms with E-state index in [0.29, 0.717) is 17.9 Å². The fraction of sp³-hybridized carbons (Fsp3) is 0.0625. The number of carbonyl (C=O) groups is 1. The van der Waals surface area contributed by atoms with Gasteiger partial charge in [-0.1, -0.05) is 66.7 Å². The van der Waals surface area contributed by atoms with Gasteiger partial charge in [-0.25, -0.2) is 13.8 Å². The number of non-ortho nitro benzene ring substituents is 1. The summed E-state index contributed by atoms with van der Waals surface area (Å²) >= 11 is 0. The lowest BCUT2D eigenvalue weighted by Gasteiger charge is -2.23. The van der Waals surface area contributed by atoms with Crippen molar-refractivity contribution in [2.24, 2.45) is 5.10 Å². The van der Waals surface area contributed by atoms with E-state index >= 15 is 0 Å². The van der Waals surface area contributed by atoms with Crippen molar-refractivity contribution in [1.82, 2.24) is 5.43 Å². The van der Waals surface area contributed by atoms with Crippen LogP contribution in [0.25, 0.3) is 10.8 Å². The molecule has 5 aromatic rings. The summed E-state index contributed by atoms with van der Waals surface area (Å²) in [6.45, 7) is -0.255. The van der Waals surface area contributed by atoms with Crippen molar-refractivity contribution in [3.05, 3.63) is 143 Å². The Bertz CT molecular complexity index is 1890. The zero-order valence-corrected chi connectivity index (χ0v) is 23.6. The number of nitrogens with one attached hydrogen (secondary N) is 1. The van der Waals surface area contributed by atoms with Crippen LogP contribution in [0.3, 0.4) is 0 Å². The first-order valence-corrected chi connectivity index (χ1v) is 14.6. The maximum absolute atomic E-state index is 13.4. The van der Waals surface area contributed by atoms with Crippen molar-refractivity contribution < 1.29 is 22.9 Å². The van der Waals surface area contributed by atoms with Crippen molar-refractivity contribution in [3.8, 4) is 5.75 Å². The minimum Gasteiger partial charge on any atom is -0.489 e. The Balaban J connectivity index is 1.24. The number of hydrazone groups is 1. The molecule has 0 aliphatic carbocycles. The van der Waals surface area contributed by atoms with Crippen molar-refractivity contribution in [2.45, 2.75) is 11.5 Å². The number of hydrogen-bond donors (Lipinski definition) is 1. The molecule has 216 valence electrons. The summed E-state index contributed by atoms with van der Waals surface area (Å²) in [6, 6.07) is 33.9. The minimum atomic E-state index is -4.23. The summed E-state index contributed by atoms with van der Waals surface area (Å²) in [7, 11) is -4.23. The van der Waals surface area contributed by atoms with Crippen molar-refractivity contribution in [2.75, 3.05) is 10.8 Å². The van der Waals surface area contributed by atoms with Gasteiger partial charge in [0, 0.05) is 12.1 Å². The van der Waals surface area contributed by atoms with Crippen LogP contribution in [0.5, 0.6) is 5.75 Å². The van der Waals surface area contributed by atoms with Gasteiger partial charge in [-0.3, -0.25) is 19.2 Å². The number of benzene rings is 5. The van der Waals surface area contributed by atoms with Crippen LogP contribution in [0.4, 0.5) is 11.4 Å². The Morgan fingerprint density at radius 2 is 1.58 bits per heavy atom. The van der Waals surface area contributed by atoms with E-state index in [-0.39, 0.29) is 16.3 Å². The van der Waals surface area contributed by atoms with E-state index in [2.05, 4.69) is 28.7 Å². The topological polar surface area (TPSA) is 131 Å². The highest BCUT2D eigenvalue weighted by Gasteiger charge is 2.28. The number of anilines is 1. The van der Waals surface area contributed by atoms with Crippen LogP contribution < -0.4 is 14.5 Å². The van der Waals surface area contributed by atoms with E-state index in [1.807, 2.05) is 24.3 Å². The average molecular weight is 595 g/mol. The predicted molar refractivity (Wildman–Crippen MR) is 165 cm³/mol. The number of fused-ring (bicyclic) bond motifs is 1. The van der Waals surface area contributed by atoms with Crippen molar-refractivity contribution in [1.29, 1.82) is 0 Å². The van der Waals surface area contributed by atoms with E-state index in [1.165, 1.54) is 36.5 Å². The van der Waals surface area contributed by atoms with Crippen LogP contribution >= 0.6 is 0 Å². The molecule has 5 aromatic carbocycles. The quantitative estimate of drug-likeness (QED) is 0.119. The number of amides is 1. The first-order chi connectivity index (χ1) is 20.8. The Morgan fingerprint density at radius 1 is 0.884 bits per heavy atom. The molecule has 1 amide bonds. The summed E-state index contributed by atoms with van der Waals surface area (Å²) in [4.78, 5) is 23.4. The standard InChI is InChI=1S/C32H26N4O6S/c37-32(22-35(27-11-7-12-28(20-27)36(38)39)43(40,41)30-13-2-1-3-14-30)34-33-21-24-16-18-29(19-17-24)42-23-26-10-6-9-25-8-4-5-15-31(25)26/h1-21H,22-23H2,(H,34,37)/b33-21-. The molecule has 0 spiro atoms. The fourth-order valence-electron chi connectivity index (χ4n) is 4.37. The number of rotatable bonds is 11. The lowest BCUT2D eigenvalue weighted by molar-refractivity contribution is -0.384. The number of nitrogens with zero attached hydrogens (tertiary/aromatic N) is 3. The molecule has 10 nitrogen and oxygen atoms in total. The third-order valence-electron chi connectivity index (χ3n) is 6.50. The van der Waals surface area contributed by atoms with Gasteiger partial charge in [-0.05, 0) is 64.4 Å². The second-order valence-electron chi connectivity index (χ2n) is 9.39. The van der Waals surface area contributed by atoms with Gasteiger partial charge in [0.2, 0.25) is 0 Å². The molecule has 0 bridgehead atoms. The number of carbonyl (C=O) groups excluding carboxylic acids is 1. The molecule has 0 atom stereocenters. The molecule has 0 heterocycles. The van der Waals surface area contributed by atoms with Crippen LogP contribution in [0.15, 0.2) is 131 Å². The number of ether oxygens (including phenoxy) is 1. The Kier molecular flexibility index (Phi) is 8.73. The van der Waals surface area contributed by atoms with E-state index in [4.69, 9.17) is 4.74 Å². The van der Waals surface area contributed by atoms with Gasteiger partial charge in [0.05, 0.1) is 21.7 Å². The molecular weight excluding hydrogens is 568 g/mol. The predicted octanol–water partition coefficient (Wildman–Crippen LogP) is 5.67. The highest BCUT2D eigenvalue weighted by Crippen LogP contribution is 2.27. The second-order valence-corrected chi connectivity index (χ2v) is 11.3. The molecule has 1 N–H and O–H groups in total. The molecule has 11 heteroatoms. The Morgan fingerprint density at radius 3 is 2.35 bits per heavy atom. The third kappa shape index (κ3) is 7.03.